The molecule has 1 aromatic carbocycles. The molecule has 2 rings (SSSR count). The molecule has 1 saturated heterocycles. The zero-order valence-electron chi connectivity index (χ0n) is 12.7. The topological polar surface area (TPSA) is 52.6 Å². The predicted octanol–water partition coefficient (Wildman–Crippen LogP) is 2.82. The Morgan fingerprint density at radius 1 is 1.43 bits per heavy atom. The zero-order chi connectivity index (χ0) is 15.5. The van der Waals surface area contributed by atoms with E-state index in [0.717, 1.165) is 37.2 Å². The van der Waals surface area contributed by atoms with Gasteiger partial charge in [-0.3, -0.25) is 9.69 Å². The first-order chi connectivity index (χ1) is 9.85. The largest absolute Gasteiger partial charge is 0.390 e. The molecule has 0 aliphatic carbocycles. The Balaban J connectivity index is 1.91. The van der Waals surface area contributed by atoms with Gasteiger partial charge in [0.2, 0.25) is 5.91 Å². The summed E-state index contributed by atoms with van der Waals surface area (Å²) in [6, 6.07) is 5.46. The lowest BCUT2D eigenvalue weighted by Gasteiger charge is -2.22. The Bertz CT molecular complexity index is 517. The van der Waals surface area contributed by atoms with Gasteiger partial charge in [0.1, 0.15) is 0 Å². The molecule has 1 amide bonds. The van der Waals surface area contributed by atoms with E-state index < -0.39 is 5.60 Å². The molecule has 4 nitrogen and oxygen atoms in total. The van der Waals surface area contributed by atoms with Gasteiger partial charge in [0.15, 0.2) is 0 Å². The fourth-order valence-electron chi connectivity index (χ4n) is 2.60. The fraction of sp³-hybridized carbons (Fsp3) is 0.562. The highest BCUT2D eigenvalue weighted by atomic mass is 35.5. The maximum atomic E-state index is 12.2. The number of nitrogens with one attached hydrogen (secondary N) is 1. The SMILES string of the molecule is Cc1ccc(Cl)cc1NC(=O)CN1CCCC(C)(O)CC1. The predicted molar refractivity (Wildman–Crippen MR) is 85.7 cm³/mol. The second-order valence-corrected chi connectivity index (χ2v) is 6.57. The van der Waals surface area contributed by atoms with Gasteiger partial charge in [0, 0.05) is 17.3 Å². The van der Waals surface area contributed by atoms with E-state index >= 15 is 0 Å². The molecule has 1 aromatic rings. The van der Waals surface area contributed by atoms with Crippen LogP contribution in [0.25, 0.3) is 0 Å². The Morgan fingerprint density at radius 3 is 2.95 bits per heavy atom. The molecule has 1 fully saturated rings. The Labute approximate surface area is 131 Å². The summed E-state index contributed by atoms with van der Waals surface area (Å²) >= 11 is 5.96. The number of hydrogen-bond donors (Lipinski definition) is 2. The summed E-state index contributed by atoms with van der Waals surface area (Å²) in [6.45, 7) is 5.75. The molecule has 0 radical (unpaired) electrons. The Kier molecular flexibility index (Phi) is 5.25. The number of aryl methyl sites for hydroxylation is 1. The van der Waals surface area contributed by atoms with Crippen molar-refractivity contribution < 1.29 is 9.90 Å². The number of aliphatic hydroxyl groups is 1. The van der Waals surface area contributed by atoms with Crippen LogP contribution in [-0.2, 0) is 4.79 Å². The molecule has 0 aromatic heterocycles. The number of hydrogen-bond acceptors (Lipinski definition) is 3. The number of anilines is 1. The van der Waals surface area contributed by atoms with Crippen molar-refractivity contribution in [2.75, 3.05) is 25.0 Å². The van der Waals surface area contributed by atoms with Gasteiger partial charge >= 0.3 is 0 Å². The number of rotatable bonds is 3. The summed E-state index contributed by atoms with van der Waals surface area (Å²) in [7, 11) is 0. The van der Waals surface area contributed by atoms with E-state index in [2.05, 4.69) is 10.2 Å². The highest BCUT2D eigenvalue weighted by Crippen LogP contribution is 2.22. The monoisotopic (exact) mass is 310 g/mol. The summed E-state index contributed by atoms with van der Waals surface area (Å²) in [5.41, 5.74) is 1.15. The maximum absolute atomic E-state index is 12.2. The third-order valence-electron chi connectivity index (χ3n) is 4.00. The zero-order valence-corrected chi connectivity index (χ0v) is 13.4. The molecule has 21 heavy (non-hydrogen) atoms. The minimum Gasteiger partial charge on any atom is -0.390 e. The number of carbonyl (C=O) groups excluding carboxylic acids is 1. The summed E-state index contributed by atoms with van der Waals surface area (Å²) in [5, 5.41) is 13.6. The standard InChI is InChI=1S/C16H23ClN2O2/c1-12-4-5-13(17)10-14(12)18-15(20)11-19-8-3-6-16(2,21)7-9-19/h4-5,10,21H,3,6-9,11H2,1-2H3,(H,18,20). The van der Waals surface area contributed by atoms with E-state index in [-0.39, 0.29) is 5.91 Å². The van der Waals surface area contributed by atoms with Crippen LogP contribution in [0.5, 0.6) is 0 Å². The van der Waals surface area contributed by atoms with Gasteiger partial charge in [0.05, 0.1) is 12.1 Å². The molecule has 116 valence electrons. The molecule has 1 unspecified atom stereocenters. The van der Waals surface area contributed by atoms with Gasteiger partial charge in [0.25, 0.3) is 0 Å². The van der Waals surface area contributed by atoms with Crippen LogP contribution < -0.4 is 5.32 Å². The summed E-state index contributed by atoms with van der Waals surface area (Å²) in [6.07, 6.45) is 2.41. The Hall–Kier alpha value is -1.10. The molecule has 1 aliphatic heterocycles. The molecule has 2 N–H and O–H groups in total. The van der Waals surface area contributed by atoms with E-state index in [4.69, 9.17) is 11.6 Å². The number of likely N-dealkylation sites (tertiary alicyclic amines) is 1. The van der Waals surface area contributed by atoms with E-state index in [1.807, 2.05) is 26.0 Å². The molecule has 0 bridgehead atoms. The van der Waals surface area contributed by atoms with E-state index in [1.54, 1.807) is 6.07 Å². The average molecular weight is 311 g/mol. The molecule has 1 heterocycles. The van der Waals surface area contributed by atoms with Crippen LogP contribution in [0, 0.1) is 6.92 Å². The molecule has 0 spiro atoms. The number of benzene rings is 1. The number of nitrogens with zero attached hydrogens (tertiary/aromatic N) is 1. The highest BCUT2D eigenvalue weighted by Gasteiger charge is 2.25. The number of carbonyl (C=O) groups is 1. The lowest BCUT2D eigenvalue weighted by Crippen LogP contribution is -2.35. The van der Waals surface area contributed by atoms with Crippen molar-refractivity contribution in [3.05, 3.63) is 28.8 Å². The summed E-state index contributed by atoms with van der Waals surface area (Å²) in [4.78, 5) is 14.3. The summed E-state index contributed by atoms with van der Waals surface area (Å²) < 4.78 is 0. The van der Waals surface area contributed by atoms with Crippen molar-refractivity contribution in [3.63, 3.8) is 0 Å². The molecule has 5 heteroatoms. The van der Waals surface area contributed by atoms with E-state index in [1.165, 1.54) is 0 Å². The van der Waals surface area contributed by atoms with Crippen molar-refractivity contribution in [2.24, 2.45) is 0 Å². The van der Waals surface area contributed by atoms with Gasteiger partial charge in [-0.1, -0.05) is 17.7 Å². The summed E-state index contributed by atoms with van der Waals surface area (Å²) in [5.74, 6) is -0.0399. The number of amides is 1. The molecule has 0 saturated carbocycles. The maximum Gasteiger partial charge on any atom is 0.238 e. The molecular formula is C16H23ClN2O2. The van der Waals surface area contributed by atoms with Crippen molar-refractivity contribution in [1.29, 1.82) is 0 Å². The minimum absolute atomic E-state index is 0.0399. The van der Waals surface area contributed by atoms with Crippen LogP contribution in [0.2, 0.25) is 5.02 Å². The average Bonchev–Trinajstić information content (AvgIpc) is 2.55. The lowest BCUT2D eigenvalue weighted by atomic mass is 9.98. The molecule has 1 aliphatic rings. The first kappa shape index (κ1) is 16.3. The lowest BCUT2D eigenvalue weighted by molar-refractivity contribution is -0.117. The molecule has 1 atom stereocenters. The Morgan fingerprint density at radius 2 is 2.19 bits per heavy atom. The van der Waals surface area contributed by atoms with Gasteiger partial charge < -0.3 is 10.4 Å². The quantitative estimate of drug-likeness (QED) is 0.902. The first-order valence-corrected chi connectivity index (χ1v) is 7.74. The van der Waals surface area contributed by atoms with E-state index in [0.29, 0.717) is 18.0 Å². The second kappa shape index (κ2) is 6.77. The van der Waals surface area contributed by atoms with Crippen molar-refractivity contribution in [3.8, 4) is 0 Å². The first-order valence-electron chi connectivity index (χ1n) is 7.36. The second-order valence-electron chi connectivity index (χ2n) is 6.13. The van der Waals surface area contributed by atoms with Crippen LogP contribution in [0.1, 0.15) is 31.7 Å². The van der Waals surface area contributed by atoms with Crippen LogP contribution in [-0.4, -0.2) is 41.1 Å². The third kappa shape index (κ3) is 4.99. The van der Waals surface area contributed by atoms with E-state index in [9.17, 15) is 9.90 Å². The van der Waals surface area contributed by atoms with Gasteiger partial charge in [-0.2, -0.15) is 0 Å². The van der Waals surface area contributed by atoms with Gasteiger partial charge in [-0.15, -0.1) is 0 Å². The fourth-order valence-corrected chi connectivity index (χ4v) is 2.77. The van der Waals surface area contributed by atoms with Crippen LogP contribution in [0.4, 0.5) is 5.69 Å². The van der Waals surface area contributed by atoms with Gasteiger partial charge in [-0.05, 0) is 57.4 Å². The molecular weight excluding hydrogens is 288 g/mol. The van der Waals surface area contributed by atoms with Crippen LogP contribution >= 0.6 is 11.6 Å². The smallest absolute Gasteiger partial charge is 0.238 e. The van der Waals surface area contributed by atoms with Gasteiger partial charge in [-0.25, -0.2) is 0 Å². The highest BCUT2D eigenvalue weighted by molar-refractivity contribution is 6.31. The van der Waals surface area contributed by atoms with Crippen molar-refractivity contribution in [1.82, 2.24) is 4.90 Å². The number of halogens is 1. The normalized spacial score (nSPS) is 23.6. The van der Waals surface area contributed by atoms with Crippen LogP contribution in [0.3, 0.4) is 0 Å². The van der Waals surface area contributed by atoms with Crippen molar-refractivity contribution >= 4 is 23.2 Å². The van der Waals surface area contributed by atoms with Crippen LogP contribution in [0.15, 0.2) is 18.2 Å². The van der Waals surface area contributed by atoms with Crippen molar-refractivity contribution in [2.45, 2.75) is 38.7 Å². The minimum atomic E-state index is -0.602. The third-order valence-corrected chi connectivity index (χ3v) is 4.23.